The van der Waals surface area contributed by atoms with Crippen molar-refractivity contribution in [2.45, 2.75) is 6.92 Å². The number of rotatable bonds is 1. The Kier molecular flexibility index (Phi) is 2.56. The summed E-state index contributed by atoms with van der Waals surface area (Å²) >= 11 is 0. The van der Waals surface area contributed by atoms with Crippen LogP contribution in [-0.2, 0) is 0 Å². The van der Waals surface area contributed by atoms with Gasteiger partial charge in [-0.25, -0.2) is 14.3 Å². The summed E-state index contributed by atoms with van der Waals surface area (Å²) in [6.45, 7) is 2.01. The van der Waals surface area contributed by atoms with Crippen LogP contribution < -0.4 is 11.4 Å². The summed E-state index contributed by atoms with van der Waals surface area (Å²) in [6, 6.07) is 15.6. The van der Waals surface area contributed by atoms with Crippen LogP contribution in [0.2, 0.25) is 0 Å². The lowest BCUT2D eigenvalue weighted by molar-refractivity contribution is 1.04. The molecule has 0 radical (unpaired) electrons. The molecule has 0 unspecified atom stereocenters. The Balaban J connectivity index is 2.13. The van der Waals surface area contributed by atoms with Crippen molar-refractivity contribution >= 4 is 22.2 Å². The molecule has 0 saturated heterocycles. The summed E-state index contributed by atoms with van der Waals surface area (Å²) in [6.07, 6.45) is 0. The number of hydrogen-bond acceptors (Lipinski definition) is 3. The van der Waals surface area contributed by atoms with Crippen molar-refractivity contribution in [1.29, 1.82) is 0 Å². The first kappa shape index (κ1) is 12.6. The summed E-state index contributed by atoms with van der Waals surface area (Å²) in [5, 5.41) is 7.57. The summed E-state index contributed by atoms with van der Waals surface area (Å²) in [5.41, 5.74) is 11.0. The van der Waals surface area contributed by atoms with Gasteiger partial charge >= 0.3 is 5.69 Å². The lowest BCUT2D eigenvalue weighted by Gasteiger charge is -2.09. The highest BCUT2D eigenvalue weighted by molar-refractivity contribution is 5.90. The molecule has 0 bridgehead atoms. The van der Waals surface area contributed by atoms with E-state index in [2.05, 4.69) is 10.2 Å². The minimum atomic E-state index is -0.238. The van der Waals surface area contributed by atoms with E-state index in [0.717, 1.165) is 27.6 Å². The third-order valence-corrected chi connectivity index (χ3v) is 3.98. The predicted molar refractivity (Wildman–Crippen MR) is 87.9 cm³/mol. The Morgan fingerprint density at radius 1 is 1.14 bits per heavy atom. The molecule has 0 fully saturated rings. The minimum absolute atomic E-state index is 0.238. The number of benzene rings is 2. The van der Waals surface area contributed by atoms with E-state index in [0.29, 0.717) is 11.3 Å². The Bertz CT molecular complexity index is 1080. The van der Waals surface area contributed by atoms with E-state index < -0.39 is 0 Å². The Labute approximate surface area is 126 Å². The van der Waals surface area contributed by atoms with Crippen LogP contribution in [0.15, 0.2) is 53.3 Å². The van der Waals surface area contributed by atoms with Gasteiger partial charge in [0, 0.05) is 16.6 Å². The maximum Gasteiger partial charge on any atom is 0.348 e. The van der Waals surface area contributed by atoms with E-state index in [1.165, 1.54) is 0 Å². The normalized spacial score (nSPS) is 11.3. The molecular weight excluding hydrogens is 276 g/mol. The molecule has 0 aliphatic heterocycles. The number of aromatic nitrogens is 3. The number of nitrogens with one attached hydrogen (secondary N) is 1. The summed E-state index contributed by atoms with van der Waals surface area (Å²) in [5.74, 6) is 0. The van der Waals surface area contributed by atoms with Crippen LogP contribution in [0.1, 0.15) is 5.56 Å². The number of nitrogens with zero attached hydrogens (tertiary/aromatic N) is 2. The van der Waals surface area contributed by atoms with E-state index in [1.54, 1.807) is 4.40 Å². The average Bonchev–Trinajstić information content (AvgIpc) is 2.88. The molecule has 0 aliphatic rings. The molecule has 5 heteroatoms. The fourth-order valence-electron chi connectivity index (χ4n) is 2.89. The van der Waals surface area contributed by atoms with E-state index >= 15 is 0 Å². The highest BCUT2D eigenvalue weighted by Crippen LogP contribution is 2.29. The number of pyridine rings is 1. The van der Waals surface area contributed by atoms with E-state index in [4.69, 9.17) is 5.73 Å². The van der Waals surface area contributed by atoms with Gasteiger partial charge in [-0.15, -0.1) is 0 Å². The second kappa shape index (κ2) is 4.46. The lowest BCUT2D eigenvalue weighted by atomic mass is 10.0. The van der Waals surface area contributed by atoms with Crippen LogP contribution in [0.4, 0.5) is 5.69 Å². The number of hydrogen-bond donors (Lipinski definition) is 2. The number of nitrogen functional groups attached to an aromatic ring is 1. The first-order chi connectivity index (χ1) is 10.6. The summed E-state index contributed by atoms with van der Waals surface area (Å²) in [7, 11) is 0. The molecule has 0 spiro atoms. The molecule has 0 aliphatic carbocycles. The van der Waals surface area contributed by atoms with Crippen LogP contribution in [-0.4, -0.2) is 14.6 Å². The van der Waals surface area contributed by atoms with Crippen molar-refractivity contribution in [3.63, 3.8) is 0 Å². The zero-order chi connectivity index (χ0) is 15.3. The van der Waals surface area contributed by atoms with Gasteiger partial charge in [-0.3, -0.25) is 0 Å². The first-order valence-electron chi connectivity index (χ1n) is 7.00. The SMILES string of the molecule is Cc1cc2n[nH]c(=O)n2c2cc(-c3ccccc3N)ccc12. The molecular formula is C17H14N4O. The van der Waals surface area contributed by atoms with Crippen LogP contribution >= 0.6 is 0 Å². The van der Waals surface area contributed by atoms with Crippen LogP contribution in [0.25, 0.3) is 27.7 Å². The molecule has 2 heterocycles. The van der Waals surface area contributed by atoms with Gasteiger partial charge in [0.2, 0.25) is 0 Å². The second-order valence-corrected chi connectivity index (χ2v) is 5.37. The Morgan fingerprint density at radius 2 is 1.95 bits per heavy atom. The third-order valence-electron chi connectivity index (χ3n) is 3.98. The van der Waals surface area contributed by atoms with Crippen molar-refractivity contribution in [2.24, 2.45) is 0 Å². The number of para-hydroxylation sites is 1. The number of H-pyrrole nitrogens is 1. The van der Waals surface area contributed by atoms with Gasteiger partial charge in [0.1, 0.15) is 0 Å². The van der Waals surface area contributed by atoms with E-state index in [1.807, 2.05) is 55.5 Å². The lowest BCUT2D eigenvalue weighted by Crippen LogP contribution is -2.10. The maximum absolute atomic E-state index is 12.0. The molecule has 4 aromatic rings. The summed E-state index contributed by atoms with van der Waals surface area (Å²) in [4.78, 5) is 12.0. The van der Waals surface area contributed by atoms with E-state index in [-0.39, 0.29) is 5.69 Å². The van der Waals surface area contributed by atoms with Gasteiger partial charge in [0.05, 0.1) is 5.52 Å². The molecule has 0 atom stereocenters. The van der Waals surface area contributed by atoms with Crippen molar-refractivity contribution in [1.82, 2.24) is 14.6 Å². The van der Waals surface area contributed by atoms with Gasteiger partial charge in [0.15, 0.2) is 5.65 Å². The standard InChI is InChI=1S/C17H14N4O/c1-10-8-16-19-20-17(22)21(16)15-9-11(6-7-12(10)15)13-4-2-3-5-14(13)18/h2-9H,18H2,1H3,(H,20,22). The fourth-order valence-corrected chi connectivity index (χ4v) is 2.89. The van der Waals surface area contributed by atoms with Crippen molar-refractivity contribution in [3.8, 4) is 11.1 Å². The molecule has 22 heavy (non-hydrogen) atoms. The smallest absolute Gasteiger partial charge is 0.348 e. The van der Waals surface area contributed by atoms with E-state index in [9.17, 15) is 4.79 Å². The summed E-state index contributed by atoms with van der Waals surface area (Å²) < 4.78 is 1.59. The highest BCUT2D eigenvalue weighted by atomic mass is 16.1. The number of aryl methyl sites for hydroxylation is 1. The van der Waals surface area contributed by atoms with Crippen LogP contribution in [0.3, 0.4) is 0 Å². The second-order valence-electron chi connectivity index (χ2n) is 5.37. The van der Waals surface area contributed by atoms with Crippen LogP contribution in [0.5, 0.6) is 0 Å². The molecule has 0 saturated carbocycles. The van der Waals surface area contributed by atoms with Gasteiger partial charge in [0.25, 0.3) is 0 Å². The van der Waals surface area contributed by atoms with Crippen molar-refractivity contribution in [2.75, 3.05) is 5.73 Å². The Morgan fingerprint density at radius 3 is 2.77 bits per heavy atom. The maximum atomic E-state index is 12.0. The van der Waals surface area contributed by atoms with Gasteiger partial charge in [-0.1, -0.05) is 30.3 Å². The highest BCUT2D eigenvalue weighted by Gasteiger charge is 2.10. The number of anilines is 1. The molecule has 5 nitrogen and oxygen atoms in total. The largest absolute Gasteiger partial charge is 0.398 e. The van der Waals surface area contributed by atoms with Gasteiger partial charge in [-0.05, 0) is 36.2 Å². The van der Waals surface area contributed by atoms with Crippen LogP contribution in [0, 0.1) is 6.92 Å². The number of nitrogens with two attached hydrogens (primary N) is 1. The average molecular weight is 290 g/mol. The van der Waals surface area contributed by atoms with Gasteiger partial charge < -0.3 is 5.73 Å². The first-order valence-corrected chi connectivity index (χ1v) is 7.00. The zero-order valence-corrected chi connectivity index (χ0v) is 12.0. The van der Waals surface area contributed by atoms with Crippen molar-refractivity contribution < 1.29 is 0 Å². The minimum Gasteiger partial charge on any atom is -0.398 e. The fraction of sp³-hybridized carbons (Fsp3) is 0.0588. The molecule has 2 aromatic carbocycles. The zero-order valence-electron chi connectivity index (χ0n) is 12.0. The van der Waals surface area contributed by atoms with Crippen molar-refractivity contribution in [3.05, 3.63) is 64.6 Å². The predicted octanol–water partition coefficient (Wildman–Crippen LogP) is 2.73. The molecule has 3 N–H and O–H groups in total. The number of aromatic amines is 1. The Hall–Kier alpha value is -3.08. The molecule has 4 rings (SSSR count). The number of fused-ring (bicyclic) bond motifs is 3. The molecule has 108 valence electrons. The third kappa shape index (κ3) is 1.72. The monoisotopic (exact) mass is 290 g/mol. The quantitative estimate of drug-likeness (QED) is 0.529. The molecule has 2 aromatic heterocycles. The topological polar surface area (TPSA) is 76.2 Å². The van der Waals surface area contributed by atoms with Gasteiger partial charge in [-0.2, -0.15) is 5.10 Å². The molecule has 0 amide bonds.